The van der Waals surface area contributed by atoms with Crippen molar-refractivity contribution in [2.75, 3.05) is 0 Å². The molecule has 15 rings (SSSR count). The highest BCUT2D eigenvalue weighted by Crippen LogP contribution is 2.42. The first kappa shape index (κ1) is 33.7. The zero-order valence-electron chi connectivity index (χ0n) is 34.2. The van der Waals surface area contributed by atoms with Crippen molar-refractivity contribution in [2.45, 2.75) is 0 Å². The van der Waals surface area contributed by atoms with E-state index in [0.717, 1.165) is 0 Å². The van der Waals surface area contributed by atoms with Crippen molar-refractivity contribution >= 4 is 105 Å². The molecular weight excluding hydrogens is 777 g/mol. The Balaban J connectivity index is 0.939. The second kappa shape index (κ2) is 12.1. The summed E-state index contributed by atoms with van der Waals surface area (Å²) < 4.78 is 4.94. The molecule has 5 heterocycles. The van der Waals surface area contributed by atoms with Gasteiger partial charge in [0.05, 0.1) is 33.1 Å². The fraction of sp³-hybridized carbons (Fsp3) is 0. The maximum atomic E-state index is 2.53. The molecule has 3 heteroatoms. The summed E-state index contributed by atoms with van der Waals surface area (Å²) in [5, 5.41) is 16.2. The molecule has 0 amide bonds. The topological polar surface area (TPSA) is 8.82 Å². The zero-order chi connectivity index (χ0) is 41.0. The second-order valence-electron chi connectivity index (χ2n) is 17.6. The Hall–Kier alpha value is -7.98. The van der Waals surface area contributed by atoms with E-state index < -0.39 is 8.07 Å². The smallest absolute Gasteiger partial charge is 0.180 e. The van der Waals surface area contributed by atoms with Crippen LogP contribution in [0.5, 0.6) is 0 Å². The molecule has 290 valence electrons. The van der Waals surface area contributed by atoms with Gasteiger partial charge in [0, 0.05) is 43.1 Å². The van der Waals surface area contributed by atoms with Crippen LogP contribution < -0.4 is 20.7 Å². The summed E-state index contributed by atoms with van der Waals surface area (Å²) in [5.74, 6) is 0. The van der Waals surface area contributed by atoms with Gasteiger partial charge in [0.15, 0.2) is 8.07 Å². The molecule has 0 radical (unpaired) electrons. The van der Waals surface area contributed by atoms with Crippen LogP contribution in [0.2, 0.25) is 0 Å². The average Bonchev–Trinajstić information content (AvgIpc) is 4.14. The fourth-order valence-corrected chi connectivity index (χ4v) is 17.4. The van der Waals surface area contributed by atoms with Crippen molar-refractivity contribution in [1.29, 1.82) is 0 Å². The molecule has 2 nitrogen and oxygen atoms in total. The van der Waals surface area contributed by atoms with Crippen molar-refractivity contribution < 1.29 is 0 Å². The summed E-state index contributed by atoms with van der Waals surface area (Å²) in [6, 6.07) is 83.0. The summed E-state index contributed by atoms with van der Waals surface area (Å²) in [4.78, 5) is 0. The lowest BCUT2D eigenvalue weighted by molar-refractivity contribution is 1.37. The Morgan fingerprint density at radius 2 is 0.619 bits per heavy atom. The molecule has 0 N–H and O–H groups in total. The van der Waals surface area contributed by atoms with Gasteiger partial charge in [-0.15, -0.1) is 0 Å². The number of hydrogen-bond acceptors (Lipinski definition) is 0. The molecule has 0 saturated carbocycles. The maximum absolute atomic E-state index is 2.83. The molecule has 0 aliphatic carbocycles. The van der Waals surface area contributed by atoms with Crippen molar-refractivity contribution in [3.8, 4) is 33.4 Å². The van der Waals surface area contributed by atoms with Gasteiger partial charge in [-0.05, 0) is 90.5 Å². The molecule has 63 heavy (non-hydrogen) atoms. The van der Waals surface area contributed by atoms with Gasteiger partial charge in [0.1, 0.15) is 0 Å². The van der Waals surface area contributed by atoms with Crippen LogP contribution in [0.4, 0.5) is 0 Å². The minimum atomic E-state index is -2.83. The number of para-hydroxylation sites is 4. The number of aromatic nitrogens is 2. The minimum Gasteiger partial charge on any atom is -0.308 e. The van der Waals surface area contributed by atoms with E-state index in [4.69, 9.17) is 0 Å². The molecule has 4 aromatic heterocycles. The summed E-state index contributed by atoms with van der Waals surface area (Å²) in [6.07, 6.45) is 0. The van der Waals surface area contributed by atoms with Gasteiger partial charge in [0.2, 0.25) is 0 Å². The Labute approximate surface area is 363 Å². The van der Waals surface area contributed by atoms with Crippen LogP contribution in [-0.2, 0) is 0 Å². The van der Waals surface area contributed by atoms with Gasteiger partial charge < -0.3 is 8.80 Å². The zero-order valence-corrected chi connectivity index (χ0v) is 35.2. The highest BCUT2D eigenvalue weighted by Gasteiger charge is 2.48. The molecule has 14 aromatic rings. The van der Waals surface area contributed by atoms with Gasteiger partial charge in [-0.3, -0.25) is 0 Å². The Bertz CT molecular complexity index is 3950. The third-order valence-corrected chi connectivity index (χ3v) is 19.5. The third-order valence-electron chi connectivity index (χ3n) is 14.7. The van der Waals surface area contributed by atoms with Crippen LogP contribution in [-0.4, -0.2) is 16.9 Å². The molecular formula is C60H36N2Si. The standard InChI is InChI=1S/C60H36N2Si/c1-5-25-53-43(17-1)47-21-11-23-49-51-35-39(29-31-55(51)61(53)59(47)49)37-13-9-15-41(33-37)63(57-27-7-3-19-45(57)46-20-4-8-28-58(46)63)42-16-10-14-38(34-42)40-30-32-56-52(36-40)50-24-12-22-48-44-18-2-6-26-54(44)62(56)60(48)50/h1-36H. The lowest BCUT2D eigenvalue weighted by Gasteiger charge is -2.32. The predicted molar refractivity (Wildman–Crippen MR) is 269 cm³/mol. The SMILES string of the molecule is c1cc(-c2ccc3c(c2)c2cccc4c5ccccc5n3c42)cc([Si]2(c3cccc(-c4ccc5c(c4)c4cccc6c7ccccc7n5c64)c3)c3ccccc3-c3ccccc32)c1. The van der Waals surface area contributed by atoms with Crippen LogP contribution in [0, 0.1) is 0 Å². The number of benzene rings is 10. The van der Waals surface area contributed by atoms with Crippen LogP contribution >= 0.6 is 0 Å². The van der Waals surface area contributed by atoms with E-state index in [9.17, 15) is 0 Å². The van der Waals surface area contributed by atoms with Gasteiger partial charge in [0.25, 0.3) is 0 Å². The molecule has 0 saturated heterocycles. The van der Waals surface area contributed by atoms with Crippen molar-refractivity contribution in [3.05, 3.63) is 218 Å². The minimum absolute atomic E-state index is 1.24. The molecule has 0 fully saturated rings. The highest BCUT2D eigenvalue weighted by molar-refractivity contribution is 7.22. The molecule has 0 bridgehead atoms. The van der Waals surface area contributed by atoms with E-state index in [1.165, 1.54) is 130 Å². The lowest BCUT2D eigenvalue weighted by atomic mass is 10.0. The Morgan fingerprint density at radius 3 is 1.11 bits per heavy atom. The first-order valence-electron chi connectivity index (χ1n) is 22.0. The first-order chi connectivity index (χ1) is 31.3. The molecule has 1 aliphatic rings. The predicted octanol–water partition coefficient (Wildman–Crippen LogP) is 12.7. The molecule has 0 atom stereocenters. The highest BCUT2D eigenvalue weighted by atomic mass is 28.3. The second-order valence-corrected chi connectivity index (χ2v) is 21.3. The summed E-state index contributed by atoms with van der Waals surface area (Å²) >= 11 is 0. The third kappa shape index (κ3) is 4.22. The Kier molecular flexibility index (Phi) is 6.47. The van der Waals surface area contributed by atoms with Gasteiger partial charge in [-0.2, -0.15) is 0 Å². The molecule has 10 aromatic carbocycles. The van der Waals surface area contributed by atoms with Crippen molar-refractivity contribution in [3.63, 3.8) is 0 Å². The quantitative estimate of drug-likeness (QED) is 0.157. The van der Waals surface area contributed by atoms with Gasteiger partial charge >= 0.3 is 0 Å². The van der Waals surface area contributed by atoms with E-state index >= 15 is 0 Å². The number of nitrogens with zero attached hydrogens (tertiary/aromatic N) is 2. The number of rotatable bonds is 4. The Morgan fingerprint density at radius 1 is 0.254 bits per heavy atom. The van der Waals surface area contributed by atoms with E-state index in [0.29, 0.717) is 0 Å². The van der Waals surface area contributed by atoms with Crippen molar-refractivity contribution in [1.82, 2.24) is 8.80 Å². The van der Waals surface area contributed by atoms with Gasteiger partial charge in [-0.25, -0.2) is 0 Å². The summed E-state index contributed by atoms with van der Waals surface area (Å²) in [7, 11) is -2.83. The lowest BCUT2D eigenvalue weighted by Crippen LogP contribution is -2.72. The normalized spacial score (nSPS) is 13.5. The first-order valence-corrected chi connectivity index (χ1v) is 24.0. The van der Waals surface area contributed by atoms with E-state index in [-0.39, 0.29) is 0 Å². The average molecular weight is 813 g/mol. The molecule has 1 aliphatic heterocycles. The maximum Gasteiger partial charge on any atom is 0.180 e. The summed E-state index contributed by atoms with van der Waals surface area (Å²) in [5.41, 5.74) is 15.4. The van der Waals surface area contributed by atoms with Crippen molar-refractivity contribution in [2.24, 2.45) is 0 Å². The van der Waals surface area contributed by atoms with Crippen LogP contribution in [0.15, 0.2) is 218 Å². The molecule has 0 unspecified atom stereocenters. The fourth-order valence-electron chi connectivity index (χ4n) is 12.1. The van der Waals surface area contributed by atoms with Crippen LogP contribution in [0.3, 0.4) is 0 Å². The van der Waals surface area contributed by atoms with E-state index in [2.05, 4.69) is 227 Å². The monoisotopic (exact) mass is 812 g/mol. The van der Waals surface area contributed by atoms with E-state index in [1.807, 2.05) is 0 Å². The summed E-state index contributed by atoms with van der Waals surface area (Å²) in [6.45, 7) is 0. The van der Waals surface area contributed by atoms with Crippen LogP contribution in [0.1, 0.15) is 0 Å². The van der Waals surface area contributed by atoms with Crippen LogP contribution in [0.25, 0.3) is 110 Å². The van der Waals surface area contributed by atoms with E-state index in [1.54, 1.807) is 0 Å². The largest absolute Gasteiger partial charge is 0.308 e. The number of fused-ring (bicyclic) bond motifs is 15. The number of hydrogen-bond donors (Lipinski definition) is 0. The van der Waals surface area contributed by atoms with Gasteiger partial charge in [-0.1, -0.05) is 182 Å². The molecule has 0 spiro atoms.